The molecule has 1 aromatic rings. The summed E-state index contributed by atoms with van der Waals surface area (Å²) in [7, 11) is 3.34. The van der Waals surface area contributed by atoms with Crippen LogP contribution in [-0.2, 0) is 11.2 Å². The molecule has 106 valence electrons. The molecule has 1 aromatic carbocycles. The van der Waals surface area contributed by atoms with Crippen molar-refractivity contribution in [1.29, 1.82) is 0 Å². The topological polar surface area (TPSA) is 39.7 Å². The summed E-state index contributed by atoms with van der Waals surface area (Å²) >= 11 is 0. The zero-order valence-electron chi connectivity index (χ0n) is 12.0. The van der Waals surface area contributed by atoms with E-state index >= 15 is 0 Å². The van der Waals surface area contributed by atoms with Crippen molar-refractivity contribution in [2.45, 2.75) is 25.8 Å². The first kappa shape index (κ1) is 14.2. The number of hydrogen-bond acceptors (Lipinski definition) is 4. The van der Waals surface area contributed by atoms with Gasteiger partial charge in [-0.05, 0) is 43.0 Å². The van der Waals surface area contributed by atoms with Gasteiger partial charge >= 0.3 is 0 Å². The normalized spacial score (nSPS) is 19.2. The molecule has 0 amide bonds. The van der Waals surface area contributed by atoms with Crippen LogP contribution in [0.5, 0.6) is 11.5 Å². The fourth-order valence-corrected chi connectivity index (χ4v) is 2.43. The minimum atomic E-state index is 0.459. The van der Waals surface area contributed by atoms with Crippen LogP contribution in [0.2, 0.25) is 0 Å². The number of hydrogen-bond donors (Lipinski definition) is 1. The lowest BCUT2D eigenvalue weighted by molar-refractivity contribution is 0.0743. The Morgan fingerprint density at radius 2 is 2.00 bits per heavy atom. The van der Waals surface area contributed by atoms with E-state index in [0.717, 1.165) is 44.1 Å². The predicted octanol–water partition coefficient (Wildman–Crippen LogP) is 1.93. The van der Waals surface area contributed by atoms with Gasteiger partial charge in [-0.2, -0.15) is 0 Å². The Morgan fingerprint density at radius 1 is 1.26 bits per heavy atom. The largest absolute Gasteiger partial charge is 0.493 e. The van der Waals surface area contributed by atoms with Crippen LogP contribution in [0, 0.1) is 6.92 Å². The molecule has 1 aliphatic rings. The molecule has 2 rings (SSSR count). The molecule has 0 aromatic heterocycles. The second-order valence-electron chi connectivity index (χ2n) is 4.90. The molecule has 0 spiro atoms. The molecular weight excluding hydrogens is 242 g/mol. The third-order valence-corrected chi connectivity index (χ3v) is 3.60. The quantitative estimate of drug-likeness (QED) is 0.883. The van der Waals surface area contributed by atoms with Crippen LogP contribution in [0.25, 0.3) is 0 Å². The molecule has 0 radical (unpaired) electrons. The van der Waals surface area contributed by atoms with E-state index in [-0.39, 0.29) is 0 Å². The lowest BCUT2D eigenvalue weighted by Gasteiger charge is -2.24. The number of methoxy groups -OCH3 is 2. The van der Waals surface area contributed by atoms with E-state index < -0.39 is 0 Å². The summed E-state index contributed by atoms with van der Waals surface area (Å²) in [5.41, 5.74) is 2.56. The molecule has 0 saturated carbocycles. The highest BCUT2D eigenvalue weighted by Gasteiger charge is 2.14. The standard InChI is InChI=1S/C15H23NO3/c1-11-8-14(17-2)15(18-3)9-12(11)4-5-13-10-19-7-6-16-13/h8-9,13,16H,4-7,10H2,1-3H3. The summed E-state index contributed by atoms with van der Waals surface area (Å²) < 4.78 is 16.1. The highest BCUT2D eigenvalue weighted by atomic mass is 16.5. The van der Waals surface area contributed by atoms with Crippen molar-refractivity contribution in [2.75, 3.05) is 34.0 Å². The number of morpholine rings is 1. The highest BCUT2D eigenvalue weighted by Crippen LogP contribution is 2.30. The van der Waals surface area contributed by atoms with Gasteiger partial charge in [0, 0.05) is 12.6 Å². The van der Waals surface area contributed by atoms with Crippen LogP contribution >= 0.6 is 0 Å². The Kier molecular flexibility index (Phi) is 5.05. The van der Waals surface area contributed by atoms with Crippen LogP contribution in [0.4, 0.5) is 0 Å². The average molecular weight is 265 g/mol. The van der Waals surface area contributed by atoms with Crippen LogP contribution in [0.15, 0.2) is 12.1 Å². The predicted molar refractivity (Wildman–Crippen MR) is 75.2 cm³/mol. The first-order valence-electron chi connectivity index (χ1n) is 6.77. The number of rotatable bonds is 5. The Labute approximate surface area is 115 Å². The van der Waals surface area contributed by atoms with Crippen molar-refractivity contribution >= 4 is 0 Å². The van der Waals surface area contributed by atoms with E-state index in [4.69, 9.17) is 14.2 Å². The van der Waals surface area contributed by atoms with Gasteiger partial charge in [-0.25, -0.2) is 0 Å². The fraction of sp³-hybridized carbons (Fsp3) is 0.600. The van der Waals surface area contributed by atoms with Crippen molar-refractivity contribution in [3.05, 3.63) is 23.3 Å². The van der Waals surface area contributed by atoms with Crippen LogP contribution in [0.1, 0.15) is 17.5 Å². The Balaban J connectivity index is 2.02. The monoisotopic (exact) mass is 265 g/mol. The van der Waals surface area contributed by atoms with Gasteiger partial charge < -0.3 is 19.5 Å². The fourth-order valence-electron chi connectivity index (χ4n) is 2.43. The van der Waals surface area contributed by atoms with Gasteiger partial charge in [0.25, 0.3) is 0 Å². The van der Waals surface area contributed by atoms with E-state index in [9.17, 15) is 0 Å². The molecule has 1 atom stereocenters. The van der Waals surface area contributed by atoms with Crippen LogP contribution < -0.4 is 14.8 Å². The first-order chi connectivity index (χ1) is 9.24. The summed E-state index contributed by atoms with van der Waals surface area (Å²) in [5, 5.41) is 3.48. The van der Waals surface area contributed by atoms with Crippen molar-refractivity contribution < 1.29 is 14.2 Å². The maximum Gasteiger partial charge on any atom is 0.161 e. The van der Waals surface area contributed by atoms with Crippen LogP contribution in [-0.4, -0.2) is 40.0 Å². The maximum atomic E-state index is 5.47. The van der Waals surface area contributed by atoms with Gasteiger partial charge in [-0.1, -0.05) is 0 Å². The summed E-state index contributed by atoms with van der Waals surface area (Å²) in [6.45, 7) is 4.70. The molecule has 4 nitrogen and oxygen atoms in total. The average Bonchev–Trinajstić information content (AvgIpc) is 2.46. The van der Waals surface area contributed by atoms with Crippen molar-refractivity contribution in [1.82, 2.24) is 5.32 Å². The second kappa shape index (κ2) is 6.78. The number of nitrogens with one attached hydrogen (secondary N) is 1. The Hall–Kier alpha value is -1.26. The van der Waals surface area contributed by atoms with Gasteiger partial charge in [0.2, 0.25) is 0 Å². The van der Waals surface area contributed by atoms with Crippen LogP contribution in [0.3, 0.4) is 0 Å². The van der Waals surface area contributed by atoms with Gasteiger partial charge in [-0.3, -0.25) is 0 Å². The van der Waals surface area contributed by atoms with E-state index in [0.29, 0.717) is 6.04 Å². The number of aryl methyl sites for hydroxylation is 2. The molecule has 4 heteroatoms. The summed E-state index contributed by atoms with van der Waals surface area (Å²) in [5.74, 6) is 1.60. The molecule has 1 heterocycles. The summed E-state index contributed by atoms with van der Waals surface area (Å²) in [6.07, 6.45) is 2.10. The molecule has 1 N–H and O–H groups in total. The van der Waals surface area contributed by atoms with Gasteiger partial charge in [-0.15, -0.1) is 0 Å². The molecule has 1 aliphatic heterocycles. The molecule has 0 bridgehead atoms. The molecule has 0 aliphatic carbocycles. The first-order valence-corrected chi connectivity index (χ1v) is 6.77. The van der Waals surface area contributed by atoms with Crippen molar-refractivity contribution in [3.8, 4) is 11.5 Å². The maximum absolute atomic E-state index is 5.47. The zero-order valence-corrected chi connectivity index (χ0v) is 12.0. The smallest absolute Gasteiger partial charge is 0.161 e. The minimum absolute atomic E-state index is 0.459. The van der Waals surface area contributed by atoms with E-state index in [1.165, 1.54) is 11.1 Å². The summed E-state index contributed by atoms with van der Waals surface area (Å²) in [6, 6.07) is 4.58. The third kappa shape index (κ3) is 3.61. The third-order valence-electron chi connectivity index (χ3n) is 3.60. The lowest BCUT2D eigenvalue weighted by atomic mass is 10.00. The molecule has 1 saturated heterocycles. The molecule has 1 fully saturated rings. The van der Waals surface area contributed by atoms with Gasteiger partial charge in [0.15, 0.2) is 11.5 Å². The highest BCUT2D eigenvalue weighted by molar-refractivity contribution is 5.47. The zero-order chi connectivity index (χ0) is 13.7. The minimum Gasteiger partial charge on any atom is -0.493 e. The van der Waals surface area contributed by atoms with Gasteiger partial charge in [0.1, 0.15) is 0 Å². The molecule has 19 heavy (non-hydrogen) atoms. The summed E-state index contributed by atoms with van der Waals surface area (Å²) in [4.78, 5) is 0. The second-order valence-corrected chi connectivity index (χ2v) is 4.90. The van der Waals surface area contributed by atoms with Crippen molar-refractivity contribution in [3.63, 3.8) is 0 Å². The van der Waals surface area contributed by atoms with Gasteiger partial charge in [0.05, 0.1) is 27.4 Å². The Bertz CT molecular complexity index is 414. The van der Waals surface area contributed by atoms with E-state index in [2.05, 4.69) is 18.3 Å². The number of benzene rings is 1. The van der Waals surface area contributed by atoms with Crippen molar-refractivity contribution in [2.24, 2.45) is 0 Å². The molecular formula is C15H23NO3. The Morgan fingerprint density at radius 3 is 2.63 bits per heavy atom. The number of ether oxygens (including phenoxy) is 3. The molecule has 1 unspecified atom stereocenters. The lowest BCUT2D eigenvalue weighted by Crippen LogP contribution is -2.41. The van der Waals surface area contributed by atoms with E-state index in [1.54, 1.807) is 14.2 Å². The van der Waals surface area contributed by atoms with E-state index in [1.807, 2.05) is 6.07 Å². The SMILES string of the molecule is COc1cc(C)c(CCC2COCCN2)cc1OC.